The van der Waals surface area contributed by atoms with E-state index in [1.54, 1.807) is 20.0 Å². The quantitative estimate of drug-likeness (QED) is 0.0458. The molecule has 12 N–H and O–H groups in total. The molecule has 9 unspecified atom stereocenters. The van der Waals surface area contributed by atoms with Gasteiger partial charge in [-0.05, 0) is 143 Å². The summed E-state index contributed by atoms with van der Waals surface area (Å²) in [5.74, 6) is 1.32. The monoisotopic (exact) mass is 1330 g/mol. The van der Waals surface area contributed by atoms with E-state index >= 15 is 0 Å². The van der Waals surface area contributed by atoms with Gasteiger partial charge in [-0.2, -0.15) is 0 Å². The molecule has 4 fully saturated rings. The minimum absolute atomic E-state index is 0. The van der Waals surface area contributed by atoms with Gasteiger partial charge in [-0.25, -0.2) is 24.7 Å². The molecular weight excluding hydrogens is 1230 g/mol. The molecule has 87 heavy (non-hydrogen) atoms. The number of aromatic nitrogens is 4. The molecule has 0 bridgehead atoms. The average Bonchev–Trinajstić information content (AvgIpc) is 2.52. The van der Waals surface area contributed by atoms with Crippen LogP contribution in [0.1, 0.15) is 191 Å². The highest BCUT2D eigenvalue weighted by Crippen LogP contribution is 2.30. The minimum atomic E-state index is -0.472. The molecule has 7 rings (SSSR count). The van der Waals surface area contributed by atoms with Crippen LogP contribution in [0, 0.1) is 23.7 Å². The number of nitrogens with zero attached hydrogens (tertiary/aromatic N) is 4. The molecule has 5 aliphatic carbocycles. The number of anilines is 1. The summed E-state index contributed by atoms with van der Waals surface area (Å²) in [5.41, 5.74) is 8.02. The van der Waals surface area contributed by atoms with E-state index in [0.717, 1.165) is 101 Å². The van der Waals surface area contributed by atoms with Gasteiger partial charge < -0.3 is 67.1 Å². The summed E-state index contributed by atoms with van der Waals surface area (Å²) < 4.78 is 9.60. The lowest BCUT2D eigenvalue weighted by Gasteiger charge is -2.34. The minimum Gasteiger partial charge on any atom is -0.466 e. The van der Waals surface area contributed by atoms with Crippen molar-refractivity contribution in [2.24, 2.45) is 29.4 Å². The number of amides is 3. The largest absolute Gasteiger partial charge is 0.466 e. The van der Waals surface area contributed by atoms with Crippen LogP contribution in [0.3, 0.4) is 0 Å². The fourth-order valence-electron chi connectivity index (χ4n) is 9.75. The molecule has 3 amide bonds. The summed E-state index contributed by atoms with van der Waals surface area (Å²) in [6.45, 7) is 21.7. The van der Waals surface area contributed by atoms with Gasteiger partial charge in [0.2, 0.25) is 11.8 Å². The van der Waals surface area contributed by atoms with E-state index in [1.165, 1.54) is 50.5 Å². The van der Waals surface area contributed by atoms with Gasteiger partial charge in [0.1, 0.15) is 16.6 Å². The number of aliphatic hydroxyl groups is 6. The molecule has 4 saturated carbocycles. The second kappa shape index (κ2) is 45.6. The number of hydrogen-bond acceptors (Lipinski definition) is 21. The maximum Gasteiger partial charge on any atom is 0.407 e. The van der Waals surface area contributed by atoms with E-state index in [-0.39, 0.29) is 128 Å². The first-order valence-electron chi connectivity index (χ1n) is 29.7. The number of thioether (sulfide) groups is 2. The van der Waals surface area contributed by atoms with Crippen molar-refractivity contribution in [3.63, 3.8) is 0 Å². The Morgan fingerprint density at radius 1 is 0.667 bits per heavy atom. The first-order valence-corrected chi connectivity index (χ1v) is 32.6. The molecule has 502 valence electrons. The predicted octanol–water partition coefficient (Wildman–Crippen LogP) is 8.79. The Morgan fingerprint density at radius 3 is 1.52 bits per heavy atom. The number of nitrogens with one attached hydrogen (secondary N) is 4. The molecular formula is C60H106Cl3N9O13S2. The molecule has 0 aliphatic heterocycles. The Hall–Kier alpha value is -3.66. The highest BCUT2D eigenvalue weighted by atomic mass is 35.5. The highest BCUT2D eigenvalue weighted by Gasteiger charge is 2.32. The van der Waals surface area contributed by atoms with Crippen LogP contribution in [0.2, 0.25) is 5.15 Å². The molecule has 2 aromatic rings. The molecule has 0 spiro atoms. The zero-order valence-corrected chi connectivity index (χ0v) is 57.8. The van der Waals surface area contributed by atoms with Gasteiger partial charge in [0.05, 0.1) is 44.2 Å². The number of halogens is 3. The van der Waals surface area contributed by atoms with Gasteiger partial charge in [0, 0.05) is 104 Å². The molecule has 27 heteroatoms. The number of ether oxygens (including phenoxy) is 2. The maximum atomic E-state index is 11.6. The number of hydrogen-bond donors (Lipinski definition) is 11. The van der Waals surface area contributed by atoms with Crippen molar-refractivity contribution in [2.45, 2.75) is 257 Å². The van der Waals surface area contributed by atoms with E-state index in [9.17, 15) is 49.5 Å². The molecule has 2 aromatic heterocycles. The standard InChI is InChI=1S/C13H21N3O2S.C12H23NO3.C9H17NO2.C9H13NO2.C7H15NO.C6H7ClN2OS.C4H8O2.2ClH/c1-8-10(4-3-5-11(8)18)15-12-9(7-17)6-14-13(16-12)19-2;1-8-9(6-5-7-10(8)14)13-11(15)16-12(2,3)4;2*1-6-8(10-7(2)11)4-3-5-9(6)12;1-5-6(8)3-2-4-7(5)9;1-11-6-8-2-4(3-10)5(7)9-6;1-3-6-4(2)5;;/h6,8,10-11,17-18H,3-5,7H2,1-2H3,(H,14,15,16);8-10,14H,5-7H2,1-4H3,(H,13,15);6,8-9,12H,3-5H2,1-2H3,(H,10,11);3-5H2,1-2H3,(H,10,11);5-7,9H,2-4,8H2,1H3;2,10H,3H2,1H3;3H2,1-2H3;2*1H/t8-,10+,11+;;;;;;;;/m1......../s1. The Labute approximate surface area is 543 Å². The smallest absolute Gasteiger partial charge is 0.407 e. The summed E-state index contributed by atoms with van der Waals surface area (Å²) in [4.78, 5) is 70.5. The summed E-state index contributed by atoms with van der Waals surface area (Å²) in [6, 6.07) is 0.622. The van der Waals surface area contributed by atoms with Crippen molar-refractivity contribution in [3.8, 4) is 0 Å². The van der Waals surface area contributed by atoms with Crippen molar-refractivity contribution >= 4 is 95.4 Å². The summed E-state index contributed by atoms with van der Waals surface area (Å²) >= 11 is 8.57. The first kappa shape index (κ1) is 85.4. The van der Waals surface area contributed by atoms with Crippen molar-refractivity contribution in [3.05, 3.63) is 39.9 Å². The fraction of sp³-hybridized carbons (Fsp3) is 0.750. The number of carbonyl (C=O) groups excluding carboxylic acids is 5. The summed E-state index contributed by atoms with van der Waals surface area (Å²) in [5, 5.41) is 69.8. The van der Waals surface area contributed by atoms with Crippen LogP contribution in [0.5, 0.6) is 0 Å². The molecule has 22 nitrogen and oxygen atoms in total. The number of carbonyl (C=O) groups is 5. The summed E-state index contributed by atoms with van der Waals surface area (Å²) in [6.07, 6.45) is 19.5. The Bertz CT molecular complexity index is 2360. The topological polar surface area (TPSA) is 351 Å². The number of rotatable bonds is 10. The number of nitrogens with two attached hydrogens (primary N) is 1. The van der Waals surface area contributed by atoms with E-state index in [4.69, 9.17) is 27.2 Å². The van der Waals surface area contributed by atoms with E-state index in [1.807, 2.05) is 54.1 Å². The number of Topliss-reactive ketones (excluding diaryl/α,β-unsaturated/α-hetero) is 1. The Balaban J connectivity index is 0. The van der Waals surface area contributed by atoms with Gasteiger partial charge in [0.15, 0.2) is 16.1 Å². The van der Waals surface area contributed by atoms with Crippen LogP contribution < -0.4 is 27.0 Å². The van der Waals surface area contributed by atoms with Crippen molar-refractivity contribution in [2.75, 3.05) is 24.4 Å². The molecule has 5 aliphatic rings. The zero-order valence-electron chi connectivity index (χ0n) is 53.7. The third-order valence-corrected chi connectivity index (χ3v) is 16.7. The SMILES string of the molecule is CC(=O)NC1=C(C)C(=O)CCC1.CC(=O)NC1CCCC(O)C1C.CC1C(N)CCCC1O.CC1C(O)CCCC1NC(=O)OC(C)(C)C.CCOC(C)=O.CSc1ncc(CO)c(Cl)n1.CSc1ncc(CO)c(N[C@H]2CCC[C@H](O)[C@@H]2C)n1.Cl.Cl. The van der Waals surface area contributed by atoms with Gasteiger partial charge in [0.25, 0.3) is 0 Å². The third kappa shape index (κ3) is 34.4. The van der Waals surface area contributed by atoms with Crippen LogP contribution in [0.15, 0.2) is 34.0 Å². The van der Waals surface area contributed by atoms with Crippen molar-refractivity contribution in [1.82, 2.24) is 35.9 Å². The van der Waals surface area contributed by atoms with E-state index in [0.29, 0.717) is 51.4 Å². The number of ketones is 1. The van der Waals surface area contributed by atoms with Gasteiger partial charge in [-0.1, -0.05) is 62.8 Å². The molecule has 2 heterocycles. The number of aliphatic hydroxyl groups excluding tert-OH is 6. The molecule has 12 atom stereocenters. The maximum absolute atomic E-state index is 11.6. The van der Waals surface area contributed by atoms with Crippen molar-refractivity contribution < 1.29 is 64.1 Å². The van der Waals surface area contributed by atoms with Gasteiger partial charge in [-0.15, -0.1) is 24.8 Å². The number of alkyl carbamates (subject to hydrolysis) is 1. The molecule has 0 saturated heterocycles. The normalized spacial score (nSPS) is 25.6. The Kier molecular flexibility index (Phi) is 44.7. The van der Waals surface area contributed by atoms with E-state index < -0.39 is 11.7 Å². The summed E-state index contributed by atoms with van der Waals surface area (Å²) in [7, 11) is 0. The lowest BCUT2D eigenvalue weighted by molar-refractivity contribution is -0.140. The first-order chi connectivity index (χ1) is 39.9. The Morgan fingerprint density at radius 2 is 1.11 bits per heavy atom. The second-order valence-electron chi connectivity index (χ2n) is 23.1. The van der Waals surface area contributed by atoms with Gasteiger partial charge in [-0.3, -0.25) is 19.2 Å². The molecule has 0 radical (unpaired) electrons. The highest BCUT2D eigenvalue weighted by molar-refractivity contribution is 7.98. The second-order valence-corrected chi connectivity index (χ2v) is 25.0. The van der Waals surface area contributed by atoms with E-state index in [2.05, 4.69) is 52.9 Å². The van der Waals surface area contributed by atoms with Crippen LogP contribution in [-0.4, -0.2) is 154 Å². The van der Waals surface area contributed by atoms with Gasteiger partial charge >= 0.3 is 12.1 Å². The van der Waals surface area contributed by atoms with Crippen molar-refractivity contribution in [1.29, 1.82) is 0 Å². The predicted molar refractivity (Wildman–Crippen MR) is 349 cm³/mol. The fourth-order valence-corrected chi connectivity index (χ4v) is 10.7. The average molecular weight is 1330 g/mol. The lowest BCUT2D eigenvalue weighted by atomic mass is 9.83. The lowest BCUT2D eigenvalue weighted by Crippen LogP contribution is -2.47. The van der Waals surface area contributed by atoms with Crippen LogP contribution in [0.25, 0.3) is 0 Å². The third-order valence-electron chi connectivity index (χ3n) is 15.2. The zero-order chi connectivity index (χ0) is 64.6. The number of esters is 1. The van der Waals surface area contributed by atoms with Crippen LogP contribution in [0.4, 0.5) is 10.6 Å². The molecule has 0 aromatic carbocycles. The number of allylic oxidation sites excluding steroid dienone is 2. The van der Waals surface area contributed by atoms with Crippen LogP contribution >= 0.6 is 59.9 Å². The van der Waals surface area contributed by atoms with Crippen LogP contribution in [-0.2, 0) is 41.9 Å².